The van der Waals surface area contributed by atoms with Crippen molar-refractivity contribution in [1.29, 1.82) is 0 Å². The van der Waals surface area contributed by atoms with E-state index in [1.54, 1.807) is 7.11 Å². The topological polar surface area (TPSA) is 56.8 Å². The zero-order valence-corrected chi connectivity index (χ0v) is 11.4. The van der Waals surface area contributed by atoms with Gasteiger partial charge in [0.05, 0.1) is 19.8 Å². The van der Waals surface area contributed by atoms with Crippen LogP contribution in [0.4, 0.5) is 4.79 Å². The Balaban J connectivity index is 2.24. The smallest absolute Gasteiger partial charge is 0.408 e. The third-order valence-electron chi connectivity index (χ3n) is 3.01. The molecule has 2 unspecified atom stereocenters. The maximum absolute atomic E-state index is 11.2. The van der Waals surface area contributed by atoms with Crippen molar-refractivity contribution < 1.29 is 19.0 Å². The second kappa shape index (κ2) is 5.82. The van der Waals surface area contributed by atoms with E-state index in [9.17, 15) is 4.79 Å². The zero-order valence-electron chi connectivity index (χ0n) is 11.4. The minimum Gasteiger partial charge on any atom is -0.493 e. The van der Waals surface area contributed by atoms with Crippen LogP contribution in [-0.2, 0) is 4.74 Å². The lowest BCUT2D eigenvalue weighted by atomic mass is 10.0. The average molecular weight is 265 g/mol. The van der Waals surface area contributed by atoms with Gasteiger partial charge in [0, 0.05) is 0 Å². The number of hydrogen-bond acceptors (Lipinski definition) is 4. The van der Waals surface area contributed by atoms with Gasteiger partial charge >= 0.3 is 6.09 Å². The Morgan fingerprint density at radius 3 is 2.74 bits per heavy atom. The fourth-order valence-corrected chi connectivity index (χ4v) is 2.06. The van der Waals surface area contributed by atoms with Crippen molar-refractivity contribution in [1.82, 2.24) is 5.32 Å². The quantitative estimate of drug-likeness (QED) is 0.889. The predicted octanol–water partition coefficient (Wildman–Crippen LogP) is 2.65. The maximum Gasteiger partial charge on any atom is 0.408 e. The Morgan fingerprint density at radius 2 is 2.16 bits per heavy atom. The molecule has 0 spiro atoms. The van der Waals surface area contributed by atoms with Crippen molar-refractivity contribution >= 4 is 6.09 Å². The van der Waals surface area contributed by atoms with Crippen molar-refractivity contribution in [2.45, 2.75) is 32.4 Å². The molecule has 1 aromatic rings. The van der Waals surface area contributed by atoms with Crippen LogP contribution in [0.15, 0.2) is 18.2 Å². The number of ether oxygens (including phenoxy) is 3. The van der Waals surface area contributed by atoms with E-state index in [0.717, 1.165) is 12.0 Å². The average Bonchev–Trinajstić information content (AvgIpc) is 2.75. The van der Waals surface area contributed by atoms with Crippen molar-refractivity contribution in [2.75, 3.05) is 13.7 Å². The summed E-state index contributed by atoms with van der Waals surface area (Å²) >= 11 is 0. The Labute approximate surface area is 112 Å². The standard InChI is InChI=1S/C14H19NO4/c1-4-7-18-12-8-10(5-6-11(12)17-3)13-9(2)15-14(16)19-13/h5-6,8-9,13H,4,7H2,1-3H3,(H,15,16). The summed E-state index contributed by atoms with van der Waals surface area (Å²) < 4.78 is 16.2. The number of methoxy groups -OCH3 is 1. The molecule has 1 fully saturated rings. The van der Waals surface area contributed by atoms with Gasteiger partial charge in [-0.05, 0) is 31.0 Å². The molecule has 5 heteroatoms. The lowest BCUT2D eigenvalue weighted by molar-refractivity contribution is 0.133. The summed E-state index contributed by atoms with van der Waals surface area (Å²) in [5.74, 6) is 1.36. The van der Waals surface area contributed by atoms with Gasteiger partial charge in [-0.3, -0.25) is 0 Å². The minimum atomic E-state index is -0.385. The molecular weight excluding hydrogens is 246 g/mol. The number of nitrogens with one attached hydrogen (secondary N) is 1. The summed E-state index contributed by atoms with van der Waals surface area (Å²) in [5, 5.41) is 2.72. The van der Waals surface area contributed by atoms with Crippen molar-refractivity contribution in [3.63, 3.8) is 0 Å². The van der Waals surface area contributed by atoms with E-state index in [-0.39, 0.29) is 18.2 Å². The monoisotopic (exact) mass is 265 g/mol. The Hall–Kier alpha value is -1.91. The summed E-state index contributed by atoms with van der Waals surface area (Å²) in [5.41, 5.74) is 0.901. The molecule has 0 saturated carbocycles. The first-order chi connectivity index (χ1) is 9.15. The van der Waals surface area contributed by atoms with Gasteiger partial charge < -0.3 is 19.5 Å². The van der Waals surface area contributed by atoms with Crippen LogP contribution >= 0.6 is 0 Å². The molecule has 1 amide bonds. The number of hydrogen-bond donors (Lipinski definition) is 1. The molecule has 19 heavy (non-hydrogen) atoms. The second-order valence-electron chi connectivity index (χ2n) is 4.52. The number of carbonyl (C=O) groups is 1. The van der Waals surface area contributed by atoms with Crippen LogP contribution in [-0.4, -0.2) is 25.9 Å². The molecular formula is C14H19NO4. The first kappa shape index (κ1) is 13.5. The molecule has 0 bridgehead atoms. The van der Waals surface area contributed by atoms with Gasteiger partial charge in [-0.15, -0.1) is 0 Å². The third-order valence-corrected chi connectivity index (χ3v) is 3.01. The van der Waals surface area contributed by atoms with E-state index < -0.39 is 0 Å². The van der Waals surface area contributed by atoms with Gasteiger partial charge in [0.1, 0.15) is 6.10 Å². The summed E-state index contributed by atoms with van der Waals surface area (Å²) in [7, 11) is 1.60. The fourth-order valence-electron chi connectivity index (χ4n) is 2.06. The number of rotatable bonds is 5. The Morgan fingerprint density at radius 1 is 1.37 bits per heavy atom. The molecule has 1 saturated heterocycles. The number of alkyl carbamates (subject to hydrolysis) is 1. The molecule has 2 atom stereocenters. The molecule has 0 aliphatic carbocycles. The Kier molecular flexibility index (Phi) is 4.14. The molecule has 1 heterocycles. The van der Waals surface area contributed by atoms with Crippen LogP contribution < -0.4 is 14.8 Å². The zero-order chi connectivity index (χ0) is 13.8. The fraction of sp³-hybridized carbons (Fsp3) is 0.500. The highest BCUT2D eigenvalue weighted by molar-refractivity contribution is 5.70. The van der Waals surface area contributed by atoms with Crippen LogP contribution in [0.2, 0.25) is 0 Å². The first-order valence-electron chi connectivity index (χ1n) is 6.43. The second-order valence-corrected chi connectivity index (χ2v) is 4.52. The molecule has 1 N–H and O–H groups in total. The van der Waals surface area contributed by atoms with Crippen molar-refractivity contribution in [3.05, 3.63) is 23.8 Å². The highest BCUT2D eigenvalue weighted by Crippen LogP contribution is 2.34. The van der Waals surface area contributed by atoms with Crippen LogP contribution in [0.1, 0.15) is 31.9 Å². The number of benzene rings is 1. The number of carbonyl (C=O) groups excluding carboxylic acids is 1. The van der Waals surface area contributed by atoms with Crippen LogP contribution in [0, 0.1) is 0 Å². The normalized spacial score (nSPS) is 21.7. The lowest BCUT2D eigenvalue weighted by Gasteiger charge is -2.16. The molecule has 5 nitrogen and oxygen atoms in total. The highest BCUT2D eigenvalue weighted by atomic mass is 16.6. The number of amides is 1. The highest BCUT2D eigenvalue weighted by Gasteiger charge is 2.32. The lowest BCUT2D eigenvalue weighted by Crippen LogP contribution is -2.23. The molecule has 1 aliphatic rings. The van der Waals surface area contributed by atoms with Gasteiger partial charge in [-0.1, -0.05) is 13.0 Å². The molecule has 2 rings (SSSR count). The van der Waals surface area contributed by atoms with Gasteiger partial charge in [0.2, 0.25) is 0 Å². The molecule has 0 radical (unpaired) electrons. The van der Waals surface area contributed by atoms with E-state index in [0.29, 0.717) is 18.1 Å². The Bertz CT molecular complexity index is 461. The van der Waals surface area contributed by atoms with Crippen molar-refractivity contribution in [3.8, 4) is 11.5 Å². The summed E-state index contributed by atoms with van der Waals surface area (Å²) in [6.07, 6.45) is 0.246. The first-order valence-corrected chi connectivity index (χ1v) is 6.43. The van der Waals surface area contributed by atoms with Crippen LogP contribution in [0.25, 0.3) is 0 Å². The summed E-state index contributed by atoms with van der Waals surface area (Å²) in [6.45, 7) is 4.57. The molecule has 1 aromatic carbocycles. The van der Waals surface area contributed by atoms with Gasteiger partial charge in [-0.25, -0.2) is 4.79 Å². The minimum absolute atomic E-state index is 0.0556. The van der Waals surface area contributed by atoms with Gasteiger partial charge in [0.25, 0.3) is 0 Å². The van der Waals surface area contributed by atoms with Gasteiger partial charge in [0.15, 0.2) is 11.5 Å². The van der Waals surface area contributed by atoms with E-state index >= 15 is 0 Å². The predicted molar refractivity (Wildman–Crippen MR) is 70.6 cm³/mol. The number of cyclic esters (lactones) is 1. The summed E-state index contributed by atoms with van der Waals surface area (Å²) in [6, 6.07) is 5.54. The molecule has 1 aliphatic heterocycles. The van der Waals surface area contributed by atoms with E-state index in [2.05, 4.69) is 5.32 Å². The van der Waals surface area contributed by atoms with Gasteiger partial charge in [-0.2, -0.15) is 0 Å². The molecule has 104 valence electrons. The van der Waals surface area contributed by atoms with Crippen LogP contribution in [0.5, 0.6) is 11.5 Å². The van der Waals surface area contributed by atoms with E-state index in [4.69, 9.17) is 14.2 Å². The summed E-state index contributed by atoms with van der Waals surface area (Å²) in [4.78, 5) is 11.2. The van der Waals surface area contributed by atoms with E-state index in [1.807, 2.05) is 32.0 Å². The van der Waals surface area contributed by atoms with Crippen molar-refractivity contribution in [2.24, 2.45) is 0 Å². The SMILES string of the molecule is CCCOc1cc(C2OC(=O)NC2C)ccc1OC. The third kappa shape index (κ3) is 2.92. The largest absolute Gasteiger partial charge is 0.493 e. The van der Waals surface area contributed by atoms with Crippen LogP contribution in [0.3, 0.4) is 0 Å². The van der Waals surface area contributed by atoms with E-state index in [1.165, 1.54) is 0 Å². The maximum atomic E-state index is 11.2. The molecule has 0 aromatic heterocycles.